The van der Waals surface area contributed by atoms with Crippen LogP contribution in [-0.2, 0) is 10.4 Å². The number of benzene rings is 2. The Balaban J connectivity index is 0.000000383. The number of aliphatic hydroxyl groups is 1. The zero-order chi connectivity index (χ0) is 15.7. The summed E-state index contributed by atoms with van der Waals surface area (Å²) in [5, 5.41) is 8.76. The van der Waals surface area contributed by atoms with Crippen LogP contribution in [-0.4, -0.2) is 35.8 Å². The number of hydrogen-bond acceptors (Lipinski definition) is 4. The molecule has 0 saturated heterocycles. The highest BCUT2D eigenvalue weighted by atomic mass is 32.3. The minimum absolute atomic E-state index is 0.0309. The maximum atomic E-state index is 8.76. The molecule has 0 spiro atoms. The number of para-hydroxylation sites is 1. The van der Waals surface area contributed by atoms with E-state index in [1.54, 1.807) is 0 Å². The van der Waals surface area contributed by atoms with Crippen LogP contribution in [0.5, 0.6) is 5.75 Å². The van der Waals surface area contributed by atoms with Gasteiger partial charge in [-0.3, -0.25) is 9.11 Å². The monoisotopic (exact) mass is 312 g/mol. The largest absolute Gasteiger partial charge is 0.491 e. The van der Waals surface area contributed by atoms with Crippen LogP contribution < -0.4 is 4.74 Å². The van der Waals surface area contributed by atoms with Crippen molar-refractivity contribution in [2.24, 2.45) is 0 Å². The van der Waals surface area contributed by atoms with Gasteiger partial charge in [-0.15, -0.1) is 0 Å². The lowest BCUT2D eigenvalue weighted by Gasteiger charge is -2.10. The summed E-state index contributed by atoms with van der Waals surface area (Å²) in [6.45, 7) is 0.354. The van der Waals surface area contributed by atoms with Crippen LogP contribution in [0.4, 0.5) is 0 Å². The quantitative estimate of drug-likeness (QED) is 0.747. The number of rotatable bonds is 4. The molecule has 2 aromatic carbocycles. The summed E-state index contributed by atoms with van der Waals surface area (Å²) in [6, 6.07) is 17.9. The Hall–Kier alpha value is -1.93. The van der Waals surface area contributed by atoms with Gasteiger partial charge in [-0.2, -0.15) is 8.42 Å². The van der Waals surface area contributed by atoms with Gasteiger partial charge in [-0.25, -0.2) is 0 Å². The average molecular weight is 312 g/mol. The molecule has 2 aromatic rings. The molecule has 21 heavy (non-hydrogen) atoms. The molecule has 0 aliphatic heterocycles. The third kappa shape index (κ3) is 7.42. The third-order valence-corrected chi connectivity index (χ3v) is 2.32. The second-order valence-electron chi connectivity index (χ2n) is 3.88. The van der Waals surface area contributed by atoms with Crippen LogP contribution in [0.1, 0.15) is 0 Å². The highest BCUT2D eigenvalue weighted by molar-refractivity contribution is 7.79. The van der Waals surface area contributed by atoms with Crippen molar-refractivity contribution in [1.82, 2.24) is 0 Å². The Kier molecular flexibility index (Phi) is 6.83. The van der Waals surface area contributed by atoms with Gasteiger partial charge in [0.05, 0.1) is 6.61 Å². The Morgan fingerprint density at radius 1 is 0.905 bits per heavy atom. The fourth-order valence-corrected chi connectivity index (χ4v) is 1.60. The first-order valence-electron chi connectivity index (χ1n) is 6.00. The molecule has 6 nitrogen and oxygen atoms in total. The predicted octanol–water partition coefficient (Wildman–Crippen LogP) is 2.07. The maximum absolute atomic E-state index is 8.76. The number of aliphatic hydroxyl groups excluding tert-OH is 1. The van der Waals surface area contributed by atoms with Gasteiger partial charge in [0.2, 0.25) is 0 Å². The summed E-state index contributed by atoms with van der Waals surface area (Å²) in [4.78, 5) is 0. The van der Waals surface area contributed by atoms with E-state index in [2.05, 4.69) is 0 Å². The number of ether oxygens (including phenoxy) is 1. The lowest BCUT2D eigenvalue weighted by molar-refractivity contribution is 0.202. The summed E-state index contributed by atoms with van der Waals surface area (Å²) in [5.41, 5.74) is 2.17. The van der Waals surface area contributed by atoms with Crippen LogP contribution in [0.3, 0.4) is 0 Å². The smallest absolute Gasteiger partial charge is 0.394 e. The van der Waals surface area contributed by atoms with Gasteiger partial charge in [-0.05, 0) is 11.6 Å². The van der Waals surface area contributed by atoms with E-state index in [1.165, 1.54) is 0 Å². The molecule has 3 N–H and O–H groups in total. The molecule has 0 unspecified atom stereocenters. The van der Waals surface area contributed by atoms with E-state index in [0.717, 1.165) is 16.9 Å². The van der Waals surface area contributed by atoms with Crippen molar-refractivity contribution in [1.29, 1.82) is 0 Å². The van der Waals surface area contributed by atoms with E-state index in [4.69, 9.17) is 27.4 Å². The second-order valence-corrected chi connectivity index (χ2v) is 4.78. The van der Waals surface area contributed by atoms with Crippen molar-refractivity contribution < 1.29 is 27.4 Å². The molecular formula is C14H16O6S. The van der Waals surface area contributed by atoms with Crippen molar-refractivity contribution in [3.05, 3.63) is 54.6 Å². The van der Waals surface area contributed by atoms with Gasteiger partial charge in [0, 0.05) is 5.56 Å². The first-order chi connectivity index (χ1) is 9.92. The zero-order valence-corrected chi connectivity index (χ0v) is 11.9. The Morgan fingerprint density at radius 2 is 1.43 bits per heavy atom. The van der Waals surface area contributed by atoms with Crippen LogP contribution >= 0.6 is 0 Å². The summed E-state index contributed by atoms with van der Waals surface area (Å²) < 4.78 is 37.1. The first-order valence-corrected chi connectivity index (χ1v) is 7.39. The van der Waals surface area contributed by atoms with Gasteiger partial charge in [0.1, 0.15) is 12.4 Å². The molecule has 0 atom stereocenters. The van der Waals surface area contributed by atoms with Crippen molar-refractivity contribution in [3.8, 4) is 16.9 Å². The van der Waals surface area contributed by atoms with Crippen LogP contribution in [0.2, 0.25) is 0 Å². The highest BCUT2D eigenvalue weighted by Crippen LogP contribution is 2.29. The SMILES string of the molecule is O=S(=O)(O)O.OCCOc1ccccc1-c1ccccc1. The Morgan fingerprint density at radius 3 is 2.00 bits per heavy atom. The maximum Gasteiger partial charge on any atom is 0.394 e. The standard InChI is InChI=1S/C14H14O2.H2O4S/c15-10-11-16-14-9-5-4-8-13(14)12-6-2-1-3-7-12;1-5(2,3)4/h1-9,15H,10-11H2;(H2,1,2,3,4). The molecule has 2 rings (SSSR count). The molecule has 0 aliphatic carbocycles. The molecule has 0 fully saturated rings. The van der Waals surface area contributed by atoms with E-state index in [9.17, 15) is 0 Å². The van der Waals surface area contributed by atoms with Crippen molar-refractivity contribution in [3.63, 3.8) is 0 Å². The molecule has 7 heteroatoms. The van der Waals surface area contributed by atoms with Gasteiger partial charge in [0.15, 0.2) is 0 Å². The topological polar surface area (TPSA) is 104 Å². The lowest BCUT2D eigenvalue weighted by atomic mass is 10.1. The molecule has 0 aliphatic rings. The van der Waals surface area contributed by atoms with E-state index in [0.29, 0.717) is 6.61 Å². The fraction of sp³-hybridized carbons (Fsp3) is 0.143. The fourth-order valence-electron chi connectivity index (χ4n) is 1.60. The van der Waals surface area contributed by atoms with E-state index >= 15 is 0 Å². The summed E-state index contributed by atoms with van der Waals surface area (Å²) in [6.07, 6.45) is 0. The molecule has 114 valence electrons. The molecular weight excluding hydrogens is 296 g/mol. The Bertz CT molecular complexity index is 632. The molecule has 0 amide bonds. The average Bonchev–Trinajstić information content (AvgIpc) is 2.45. The zero-order valence-electron chi connectivity index (χ0n) is 11.1. The molecule has 0 heterocycles. The molecule has 0 bridgehead atoms. The minimum Gasteiger partial charge on any atom is -0.491 e. The highest BCUT2D eigenvalue weighted by Gasteiger charge is 2.04. The summed E-state index contributed by atoms with van der Waals surface area (Å²) in [7, 11) is -4.67. The van der Waals surface area contributed by atoms with Gasteiger partial charge in [0.25, 0.3) is 0 Å². The molecule has 0 radical (unpaired) electrons. The Labute approximate surface area is 123 Å². The van der Waals surface area contributed by atoms with E-state index in [-0.39, 0.29) is 6.61 Å². The van der Waals surface area contributed by atoms with Gasteiger partial charge < -0.3 is 9.84 Å². The normalized spacial score (nSPS) is 10.4. The van der Waals surface area contributed by atoms with Crippen LogP contribution in [0.25, 0.3) is 11.1 Å². The third-order valence-electron chi connectivity index (χ3n) is 2.32. The summed E-state index contributed by atoms with van der Waals surface area (Å²) >= 11 is 0. The second kappa shape index (κ2) is 8.38. The molecule has 0 aromatic heterocycles. The lowest BCUT2D eigenvalue weighted by Crippen LogP contribution is -2.02. The van der Waals surface area contributed by atoms with Crippen LogP contribution in [0, 0.1) is 0 Å². The van der Waals surface area contributed by atoms with Gasteiger partial charge >= 0.3 is 10.4 Å². The first kappa shape index (κ1) is 17.1. The minimum atomic E-state index is -4.67. The van der Waals surface area contributed by atoms with Crippen molar-refractivity contribution >= 4 is 10.4 Å². The predicted molar refractivity (Wildman–Crippen MR) is 78.6 cm³/mol. The van der Waals surface area contributed by atoms with E-state index < -0.39 is 10.4 Å². The summed E-state index contributed by atoms with van der Waals surface area (Å²) in [5.74, 6) is 0.808. The van der Waals surface area contributed by atoms with Crippen molar-refractivity contribution in [2.75, 3.05) is 13.2 Å². The van der Waals surface area contributed by atoms with Crippen LogP contribution in [0.15, 0.2) is 54.6 Å². The van der Waals surface area contributed by atoms with E-state index in [1.807, 2.05) is 54.6 Å². The molecule has 0 saturated carbocycles. The van der Waals surface area contributed by atoms with Crippen molar-refractivity contribution in [2.45, 2.75) is 0 Å². The van der Waals surface area contributed by atoms with Gasteiger partial charge in [-0.1, -0.05) is 48.5 Å². The number of hydrogen-bond donors (Lipinski definition) is 3.